The minimum atomic E-state index is -1.48. The third-order valence-electron chi connectivity index (χ3n) is 3.80. The third-order valence-corrected chi connectivity index (χ3v) is 4.32. The zero-order chi connectivity index (χ0) is 14.8. The summed E-state index contributed by atoms with van der Waals surface area (Å²) in [5.41, 5.74) is 0.122. The van der Waals surface area contributed by atoms with Gasteiger partial charge in [-0.2, -0.15) is 0 Å². The molecule has 1 amide bonds. The number of alkyl halides is 1. The molecule has 0 aliphatic heterocycles. The first-order valence-corrected chi connectivity index (χ1v) is 7.15. The van der Waals surface area contributed by atoms with Crippen LogP contribution in [0.15, 0.2) is 28.7 Å². The zero-order valence-corrected chi connectivity index (χ0v) is 12.3. The van der Waals surface area contributed by atoms with Crippen molar-refractivity contribution in [3.63, 3.8) is 0 Å². The molecule has 1 fully saturated rings. The molecule has 0 spiro atoms. The number of carboxylic acid groups (broad SMARTS) is 1. The molecule has 0 radical (unpaired) electrons. The predicted molar refractivity (Wildman–Crippen MR) is 75.2 cm³/mol. The van der Waals surface area contributed by atoms with Crippen molar-refractivity contribution in [3.8, 4) is 0 Å². The predicted octanol–water partition coefficient (Wildman–Crippen LogP) is 2.41. The number of carbonyl (C=O) groups excluding carboxylic acids is 1. The van der Waals surface area contributed by atoms with Crippen LogP contribution in [0.4, 0.5) is 4.39 Å². The van der Waals surface area contributed by atoms with Crippen LogP contribution < -0.4 is 5.32 Å². The van der Waals surface area contributed by atoms with Crippen LogP contribution in [0, 0.1) is 0 Å². The highest BCUT2D eigenvalue weighted by Crippen LogP contribution is 2.44. The molecule has 1 saturated carbocycles. The molecule has 4 nitrogen and oxygen atoms in total. The maximum absolute atomic E-state index is 12.6. The van der Waals surface area contributed by atoms with Crippen LogP contribution in [0.25, 0.3) is 0 Å². The molecule has 2 N–H and O–H groups in total. The topological polar surface area (TPSA) is 66.4 Å². The Labute approximate surface area is 124 Å². The molecule has 2 rings (SSSR count). The summed E-state index contributed by atoms with van der Waals surface area (Å²) in [7, 11) is 0. The summed E-state index contributed by atoms with van der Waals surface area (Å²) >= 11 is 3.33. The second-order valence-corrected chi connectivity index (χ2v) is 5.88. The van der Waals surface area contributed by atoms with Crippen molar-refractivity contribution < 1.29 is 19.1 Å². The number of aliphatic carboxylic acids is 1. The number of carbonyl (C=O) groups is 2. The summed E-state index contributed by atoms with van der Waals surface area (Å²) < 4.78 is 13.5. The zero-order valence-electron chi connectivity index (χ0n) is 10.7. The van der Waals surface area contributed by atoms with Crippen molar-refractivity contribution in [2.24, 2.45) is 0 Å². The van der Waals surface area contributed by atoms with Gasteiger partial charge in [0, 0.05) is 4.47 Å². The minimum Gasteiger partial charge on any atom is -0.480 e. The van der Waals surface area contributed by atoms with Gasteiger partial charge in [-0.25, -0.2) is 9.18 Å². The molecule has 0 heterocycles. The van der Waals surface area contributed by atoms with Crippen molar-refractivity contribution in [2.45, 2.75) is 30.7 Å². The van der Waals surface area contributed by atoms with E-state index in [0.717, 1.165) is 16.5 Å². The van der Waals surface area contributed by atoms with Crippen molar-refractivity contribution in [1.29, 1.82) is 0 Å². The van der Waals surface area contributed by atoms with Gasteiger partial charge >= 0.3 is 5.97 Å². The van der Waals surface area contributed by atoms with E-state index in [1.807, 2.05) is 24.3 Å². The average molecular weight is 344 g/mol. The molecular formula is C14H15BrFNO3. The Morgan fingerprint density at radius 3 is 2.35 bits per heavy atom. The van der Waals surface area contributed by atoms with Gasteiger partial charge < -0.3 is 10.4 Å². The molecular weight excluding hydrogens is 329 g/mol. The molecule has 1 unspecified atom stereocenters. The molecule has 0 bridgehead atoms. The Bertz CT molecular complexity index is 514. The van der Waals surface area contributed by atoms with Crippen molar-refractivity contribution in [1.82, 2.24) is 5.32 Å². The van der Waals surface area contributed by atoms with E-state index in [9.17, 15) is 14.0 Å². The van der Waals surface area contributed by atoms with Gasteiger partial charge in [0.15, 0.2) is 6.04 Å². The normalized spacial score (nSPS) is 17.9. The van der Waals surface area contributed by atoms with Crippen molar-refractivity contribution in [2.75, 3.05) is 6.67 Å². The number of hydrogen-bond acceptors (Lipinski definition) is 2. The maximum Gasteiger partial charge on any atom is 0.328 e. The highest BCUT2D eigenvalue weighted by Gasteiger charge is 2.46. The minimum absolute atomic E-state index is 0.406. The molecule has 1 aromatic rings. The number of nitrogens with one attached hydrogen (secondary N) is 1. The van der Waals surface area contributed by atoms with Crippen LogP contribution in [0.5, 0.6) is 0 Å². The Morgan fingerprint density at radius 1 is 1.35 bits per heavy atom. The SMILES string of the molecule is O=C(O)C(CF)NC(=O)C1(c2ccc(Br)cc2)CCC1. The molecule has 0 saturated heterocycles. The Kier molecular flexibility index (Phi) is 4.42. The molecule has 0 aromatic heterocycles. The smallest absolute Gasteiger partial charge is 0.328 e. The lowest BCUT2D eigenvalue weighted by atomic mass is 9.63. The molecule has 20 heavy (non-hydrogen) atoms. The van der Waals surface area contributed by atoms with Gasteiger partial charge in [-0.05, 0) is 30.5 Å². The van der Waals surface area contributed by atoms with Crippen LogP contribution in [-0.4, -0.2) is 29.7 Å². The first-order chi connectivity index (χ1) is 9.49. The van der Waals surface area contributed by atoms with Gasteiger partial charge in [0.1, 0.15) is 6.67 Å². The Balaban J connectivity index is 2.20. The Morgan fingerprint density at radius 2 is 1.95 bits per heavy atom. The van der Waals surface area contributed by atoms with E-state index in [1.165, 1.54) is 0 Å². The van der Waals surface area contributed by atoms with E-state index in [2.05, 4.69) is 21.2 Å². The van der Waals surface area contributed by atoms with E-state index in [-0.39, 0.29) is 0 Å². The fourth-order valence-corrected chi connectivity index (χ4v) is 2.67. The maximum atomic E-state index is 12.6. The fraction of sp³-hybridized carbons (Fsp3) is 0.429. The number of halogens is 2. The Hall–Kier alpha value is -1.43. The number of amides is 1. The highest BCUT2D eigenvalue weighted by molar-refractivity contribution is 9.10. The summed E-state index contributed by atoms with van der Waals surface area (Å²) in [6, 6.07) is 5.89. The summed E-state index contributed by atoms with van der Waals surface area (Å²) in [5, 5.41) is 11.1. The molecule has 6 heteroatoms. The van der Waals surface area contributed by atoms with Crippen LogP contribution >= 0.6 is 15.9 Å². The largest absolute Gasteiger partial charge is 0.480 e. The van der Waals surface area contributed by atoms with Gasteiger partial charge in [0.2, 0.25) is 5.91 Å². The van der Waals surface area contributed by atoms with Crippen LogP contribution in [0.1, 0.15) is 24.8 Å². The quantitative estimate of drug-likeness (QED) is 0.862. The number of carboxylic acids is 1. The highest BCUT2D eigenvalue weighted by atomic mass is 79.9. The fourth-order valence-electron chi connectivity index (χ4n) is 2.41. The van der Waals surface area contributed by atoms with Crippen LogP contribution in [0.3, 0.4) is 0 Å². The van der Waals surface area contributed by atoms with Gasteiger partial charge in [0.25, 0.3) is 0 Å². The van der Waals surface area contributed by atoms with Crippen LogP contribution in [-0.2, 0) is 15.0 Å². The van der Waals surface area contributed by atoms with Gasteiger partial charge in [-0.3, -0.25) is 4.79 Å². The summed E-state index contributed by atoms with van der Waals surface area (Å²) in [4.78, 5) is 23.2. The summed E-state index contributed by atoms with van der Waals surface area (Å²) in [6.45, 7) is -1.11. The molecule has 1 aromatic carbocycles. The molecule has 1 aliphatic carbocycles. The van der Waals surface area contributed by atoms with Gasteiger partial charge in [-0.15, -0.1) is 0 Å². The number of rotatable bonds is 5. The molecule has 1 aliphatic rings. The first-order valence-electron chi connectivity index (χ1n) is 6.35. The van der Waals surface area contributed by atoms with E-state index in [0.29, 0.717) is 12.8 Å². The van der Waals surface area contributed by atoms with Crippen molar-refractivity contribution in [3.05, 3.63) is 34.3 Å². The lowest BCUT2D eigenvalue weighted by molar-refractivity contribution is -0.144. The van der Waals surface area contributed by atoms with E-state index >= 15 is 0 Å². The van der Waals surface area contributed by atoms with E-state index < -0.39 is 30.0 Å². The standard InChI is InChI=1S/C14H15BrFNO3/c15-10-4-2-9(3-5-10)14(6-1-7-14)13(20)17-11(8-16)12(18)19/h2-5,11H,1,6-8H2,(H,17,20)(H,18,19). The number of benzene rings is 1. The van der Waals surface area contributed by atoms with Gasteiger partial charge in [0.05, 0.1) is 5.41 Å². The van der Waals surface area contributed by atoms with Gasteiger partial charge in [-0.1, -0.05) is 34.5 Å². The van der Waals surface area contributed by atoms with E-state index in [1.54, 1.807) is 0 Å². The average Bonchev–Trinajstić information content (AvgIpc) is 2.36. The van der Waals surface area contributed by atoms with Crippen molar-refractivity contribution >= 4 is 27.8 Å². The number of hydrogen-bond donors (Lipinski definition) is 2. The summed E-state index contributed by atoms with van der Waals surface area (Å²) in [6.07, 6.45) is 2.20. The molecule has 1 atom stereocenters. The van der Waals surface area contributed by atoms with E-state index in [4.69, 9.17) is 5.11 Å². The lowest BCUT2D eigenvalue weighted by Gasteiger charge is -2.41. The second kappa shape index (κ2) is 5.91. The van der Waals surface area contributed by atoms with Crippen LogP contribution in [0.2, 0.25) is 0 Å². The first kappa shape index (κ1) is 15.0. The third kappa shape index (κ3) is 2.70. The molecule has 108 valence electrons. The monoisotopic (exact) mass is 343 g/mol. The lowest BCUT2D eigenvalue weighted by Crippen LogP contribution is -2.54. The summed E-state index contributed by atoms with van der Waals surface area (Å²) in [5.74, 6) is -1.76. The second-order valence-electron chi connectivity index (χ2n) is 4.96.